The quantitative estimate of drug-likeness (QED) is 0.669. The average Bonchev–Trinajstić information content (AvgIpc) is 2.85. The highest BCUT2D eigenvalue weighted by molar-refractivity contribution is 5.97. The number of aromatic nitrogens is 2. The van der Waals surface area contributed by atoms with E-state index in [1.807, 2.05) is 4.90 Å². The van der Waals surface area contributed by atoms with Gasteiger partial charge in [0, 0.05) is 18.7 Å². The lowest BCUT2D eigenvalue weighted by atomic mass is 9.73. The van der Waals surface area contributed by atoms with E-state index in [0.717, 1.165) is 39.0 Å². The molecule has 0 radical (unpaired) electrons. The number of piperidine rings is 1. The highest BCUT2D eigenvalue weighted by Gasteiger charge is 2.34. The number of nitrogens with zero attached hydrogens (tertiary/aromatic N) is 1. The van der Waals surface area contributed by atoms with Gasteiger partial charge >= 0.3 is 11.1 Å². The Morgan fingerprint density at radius 2 is 1.65 bits per heavy atom. The molecule has 0 aliphatic carbocycles. The number of hydrogen-bond donors (Lipinski definition) is 3. The Labute approximate surface area is 150 Å². The van der Waals surface area contributed by atoms with Crippen LogP contribution in [0.15, 0.2) is 27.8 Å². The van der Waals surface area contributed by atoms with E-state index in [1.54, 1.807) is 18.2 Å². The van der Waals surface area contributed by atoms with Gasteiger partial charge in [-0.1, -0.05) is 0 Å². The molecule has 7 nitrogen and oxygen atoms in total. The van der Waals surface area contributed by atoms with Gasteiger partial charge in [0.25, 0.3) is 5.91 Å². The monoisotopic (exact) mass is 356 g/mol. The number of carbonyl (C=O) groups excluding carboxylic acids is 1. The minimum absolute atomic E-state index is 0.00932. The van der Waals surface area contributed by atoms with Crippen molar-refractivity contribution in [2.75, 3.05) is 26.2 Å². The summed E-state index contributed by atoms with van der Waals surface area (Å²) >= 11 is 0. The highest BCUT2D eigenvalue weighted by Crippen LogP contribution is 2.39. The second kappa shape index (κ2) is 6.72. The number of likely N-dealkylation sites (tertiary alicyclic amines) is 1. The number of carbonyl (C=O) groups is 1. The smallest absolute Gasteiger partial charge is 0.314 e. The molecule has 138 valence electrons. The zero-order valence-electron chi connectivity index (χ0n) is 14.8. The second-order valence-corrected chi connectivity index (χ2v) is 7.56. The SMILES string of the molecule is O=C(c1ccc2[nH]c(=O)c(=O)[nH]c2c1)N1CCCC2(CCNCC2)CC1. The van der Waals surface area contributed by atoms with E-state index in [9.17, 15) is 14.4 Å². The van der Waals surface area contributed by atoms with Crippen molar-refractivity contribution in [3.63, 3.8) is 0 Å². The maximum atomic E-state index is 13.0. The maximum Gasteiger partial charge on any atom is 0.314 e. The first-order valence-electron chi connectivity index (χ1n) is 9.33. The van der Waals surface area contributed by atoms with E-state index in [-0.39, 0.29) is 5.91 Å². The molecular formula is C19H24N4O3. The predicted octanol–water partition coefficient (Wildman–Crippen LogP) is 1.21. The molecule has 3 N–H and O–H groups in total. The molecule has 0 unspecified atom stereocenters. The normalized spacial score (nSPS) is 20.2. The first-order valence-corrected chi connectivity index (χ1v) is 9.33. The third kappa shape index (κ3) is 3.19. The lowest BCUT2D eigenvalue weighted by Crippen LogP contribution is -2.38. The van der Waals surface area contributed by atoms with Crippen molar-refractivity contribution in [2.45, 2.75) is 32.1 Å². The molecule has 2 aliphatic rings. The lowest BCUT2D eigenvalue weighted by molar-refractivity contribution is 0.0750. The lowest BCUT2D eigenvalue weighted by Gasteiger charge is -2.37. The van der Waals surface area contributed by atoms with Crippen LogP contribution in [0.1, 0.15) is 42.5 Å². The number of amides is 1. The third-order valence-electron chi connectivity index (χ3n) is 5.97. The minimum Gasteiger partial charge on any atom is -0.339 e. The zero-order valence-corrected chi connectivity index (χ0v) is 14.8. The molecule has 1 spiro atoms. The number of hydrogen-bond acceptors (Lipinski definition) is 4. The van der Waals surface area contributed by atoms with Crippen molar-refractivity contribution in [1.82, 2.24) is 20.2 Å². The Morgan fingerprint density at radius 3 is 2.42 bits per heavy atom. The van der Waals surface area contributed by atoms with E-state index in [4.69, 9.17) is 0 Å². The molecule has 2 aliphatic heterocycles. The van der Waals surface area contributed by atoms with E-state index < -0.39 is 11.1 Å². The van der Waals surface area contributed by atoms with Gasteiger partial charge in [-0.3, -0.25) is 14.4 Å². The summed E-state index contributed by atoms with van der Waals surface area (Å²) in [5.74, 6) is -0.00932. The van der Waals surface area contributed by atoms with Gasteiger partial charge in [0.15, 0.2) is 0 Å². The van der Waals surface area contributed by atoms with E-state index in [2.05, 4.69) is 15.3 Å². The molecule has 0 saturated carbocycles. The molecule has 26 heavy (non-hydrogen) atoms. The minimum atomic E-state index is -0.704. The fourth-order valence-corrected chi connectivity index (χ4v) is 4.34. The number of H-pyrrole nitrogens is 2. The third-order valence-corrected chi connectivity index (χ3v) is 5.97. The molecule has 7 heteroatoms. The van der Waals surface area contributed by atoms with Gasteiger partial charge in [-0.2, -0.15) is 0 Å². The van der Waals surface area contributed by atoms with Gasteiger partial charge in [0.1, 0.15) is 0 Å². The topological polar surface area (TPSA) is 98.1 Å². The second-order valence-electron chi connectivity index (χ2n) is 7.56. The van der Waals surface area contributed by atoms with Crippen LogP contribution in [0.4, 0.5) is 0 Å². The fraction of sp³-hybridized carbons (Fsp3) is 0.526. The van der Waals surface area contributed by atoms with Crippen LogP contribution in [0, 0.1) is 5.41 Å². The summed E-state index contributed by atoms with van der Waals surface area (Å²) in [6.07, 6.45) is 5.66. The summed E-state index contributed by atoms with van der Waals surface area (Å²) in [4.78, 5) is 42.9. The molecule has 0 bridgehead atoms. The van der Waals surface area contributed by atoms with Crippen LogP contribution in [0.5, 0.6) is 0 Å². The first kappa shape index (κ1) is 17.0. The van der Waals surface area contributed by atoms with Crippen LogP contribution < -0.4 is 16.4 Å². The van der Waals surface area contributed by atoms with E-state index in [1.165, 1.54) is 19.3 Å². The van der Waals surface area contributed by atoms with E-state index >= 15 is 0 Å². The van der Waals surface area contributed by atoms with Gasteiger partial charge in [0.05, 0.1) is 11.0 Å². The maximum absolute atomic E-state index is 13.0. The summed E-state index contributed by atoms with van der Waals surface area (Å²) in [7, 11) is 0. The number of benzene rings is 1. The van der Waals surface area contributed by atoms with Crippen molar-refractivity contribution in [2.24, 2.45) is 5.41 Å². The fourth-order valence-electron chi connectivity index (χ4n) is 4.34. The van der Waals surface area contributed by atoms with Crippen LogP contribution in [-0.2, 0) is 0 Å². The molecule has 3 heterocycles. The molecule has 1 amide bonds. The molecule has 0 atom stereocenters. The summed E-state index contributed by atoms with van der Waals surface area (Å²) < 4.78 is 0. The van der Waals surface area contributed by atoms with Crippen molar-refractivity contribution < 1.29 is 4.79 Å². The number of aromatic amines is 2. The van der Waals surface area contributed by atoms with Gasteiger partial charge in [-0.25, -0.2) is 0 Å². The van der Waals surface area contributed by atoms with Gasteiger partial charge in [0.2, 0.25) is 0 Å². The number of rotatable bonds is 1. The Morgan fingerprint density at radius 1 is 0.923 bits per heavy atom. The van der Waals surface area contributed by atoms with Gasteiger partial charge in [-0.05, 0) is 68.8 Å². The Hall–Kier alpha value is -2.41. The van der Waals surface area contributed by atoms with Crippen molar-refractivity contribution >= 4 is 16.9 Å². The summed E-state index contributed by atoms with van der Waals surface area (Å²) in [5.41, 5.74) is 0.539. The molecule has 2 aromatic rings. The zero-order chi connectivity index (χ0) is 18.1. The summed E-state index contributed by atoms with van der Waals surface area (Å²) in [6, 6.07) is 5.04. The van der Waals surface area contributed by atoms with Crippen LogP contribution in [-0.4, -0.2) is 47.0 Å². The Balaban J connectivity index is 1.55. The van der Waals surface area contributed by atoms with Gasteiger partial charge < -0.3 is 20.2 Å². The summed E-state index contributed by atoms with van der Waals surface area (Å²) in [6.45, 7) is 3.70. The van der Waals surface area contributed by atoms with Crippen molar-refractivity contribution in [1.29, 1.82) is 0 Å². The number of fused-ring (bicyclic) bond motifs is 1. The van der Waals surface area contributed by atoms with Crippen LogP contribution >= 0.6 is 0 Å². The standard InChI is InChI=1S/C19H24N4O3/c24-16-17(25)22-15-12-13(2-3-14(15)21-16)18(26)23-10-1-4-19(7-11-23)5-8-20-9-6-19/h2-3,12,20H,1,4-11H2,(H,21,24)(H,22,25). The van der Waals surface area contributed by atoms with Crippen LogP contribution in [0.3, 0.4) is 0 Å². The van der Waals surface area contributed by atoms with Crippen molar-refractivity contribution in [3.8, 4) is 0 Å². The summed E-state index contributed by atoms with van der Waals surface area (Å²) in [5, 5.41) is 3.43. The van der Waals surface area contributed by atoms with Crippen LogP contribution in [0.25, 0.3) is 11.0 Å². The average molecular weight is 356 g/mol. The van der Waals surface area contributed by atoms with Crippen LogP contribution in [0.2, 0.25) is 0 Å². The predicted molar refractivity (Wildman–Crippen MR) is 99.5 cm³/mol. The number of nitrogens with one attached hydrogen (secondary N) is 3. The Kier molecular flexibility index (Phi) is 4.40. The molecule has 2 saturated heterocycles. The molecule has 2 fully saturated rings. The van der Waals surface area contributed by atoms with E-state index in [0.29, 0.717) is 22.0 Å². The Bertz CT molecular complexity index is 940. The largest absolute Gasteiger partial charge is 0.339 e. The molecule has 4 rings (SSSR count). The van der Waals surface area contributed by atoms with Crippen molar-refractivity contribution in [3.05, 3.63) is 44.5 Å². The molecule has 1 aromatic heterocycles. The highest BCUT2D eigenvalue weighted by atomic mass is 16.2. The first-order chi connectivity index (χ1) is 12.6. The molecular weight excluding hydrogens is 332 g/mol. The van der Waals surface area contributed by atoms with Gasteiger partial charge in [-0.15, -0.1) is 0 Å². The molecule has 1 aromatic carbocycles.